The third kappa shape index (κ3) is 4.66. The molecule has 136 valence electrons. The van der Waals surface area contributed by atoms with E-state index in [1.165, 1.54) is 42.4 Å². The number of hydrogen-bond acceptors (Lipinski definition) is 4. The number of methoxy groups -OCH3 is 1. The summed E-state index contributed by atoms with van der Waals surface area (Å²) >= 11 is 0. The molecule has 0 heterocycles. The maximum absolute atomic E-state index is 13.8. The molecular formula is C19H19FN2O4. The fourth-order valence-corrected chi connectivity index (χ4v) is 2.44. The molecular weight excluding hydrogens is 339 g/mol. The molecule has 0 aliphatic carbocycles. The third-order valence-corrected chi connectivity index (χ3v) is 3.82. The Morgan fingerprint density at radius 3 is 2.65 bits per heavy atom. The number of ether oxygens (including phenoxy) is 1. The van der Waals surface area contributed by atoms with E-state index in [1.807, 2.05) is 0 Å². The Balaban J connectivity index is 2.14. The number of nitro benzene ring substituents is 1. The molecule has 0 saturated heterocycles. The maximum atomic E-state index is 13.8. The summed E-state index contributed by atoms with van der Waals surface area (Å²) in [6, 6.07) is 10.7. The summed E-state index contributed by atoms with van der Waals surface area (Å²) in [5.74, 6) is -0.676. The first kappa shape index (κ1) is 19.1. The van der Waals surface area contributed by atoms with E-state index in [2.05, 4.69) is 0 Å². The van der Waals surface area contributed by atoms with Crippen molar-refractivity contribution < 1.29 is 18.8 Å². The molecule has 0 aliphatic heterocycles. The van der Waals surface area contributed by atoms with Crippen molar-refractivity contribution in [2.75, 3.05) is 13.7 Å². The minimum Gasteiger partial charge on any atom is -0.494 e. The van der Waals surface area contributed by atoms with E-state index < -0.39 is 10.7 Å². The summed E-state index contributed by atoms with van der Waals surface area (Å²) in [5, 5.41) is 11.0. The second kappa shape index (κ2) is 8.75. The number of nitro groups is 1. The Labute approximate surface area is 150 Å². The van der Waals surface area contributed by atoms with Gasteiger partial charge in [0, 0.05) is 25.2 Å². The first-order chi connectivity index (χ1) is 12.5. The molecule has 0 aromatic heterocycles. The van der Waals surface area contributed by atoms with Gasteiger partial charge in [-0.15, -0.1) is 0 Å². The molecule has 0 radical (unpaired) electrons. The number of hydrogen-bond donors (Lipinski definition) is 0. The van der Waals surface area contributed by atoms with Crippen molar-refractivity contribution in [1.29, 1.82) is 0 Å². The first-order valence-electron chi connectivity index (χ1n) is 7.99. The summed E-state index contributed by atoms with van der Waals surface area (Å²) in [7, 11) is 1.38. The zero-order valence-corrected chi connectivity index (χ0v) is 14.5. The summed E-state index contributed by atoms with van der Waals surface area (Å²) < 4.78 is 18.7. The number of halogens is 1. The highest BCUT2D eigenvalue weighted by molar-refractivity contribution is 5.92. The first-order valence-corrected chi connectivity index (χ1v) is 7.99. The topological polar surface area (TPSA) is 72.7 Å². The highest BCUT2D eigenvalue weighted by Crippen LogP contribution is 2.20. The number of para-hydroxylation sites is 1. The van der Waals surface area contributed by atoms with E-state index in [4.69, 9.17) is 4.74 Å². The zero-order chi connectivity index (χ0) is 19.1. The van der Waals surface area contributed by atoms with Crippen LogP contribution in [0.2, 0.25) is 0 Å². The lowest BCUT2D eigenvalue weighted by molar-refractivity contribution is -0.385. The molecule has 1 amide bonds. The predicted molar refractivity (Wildman–Crippen MR) is 96.2 cm³/mol. The van der Waals surface area contributed by atoms with Gasteiger partial charge < -0.3 is 9.64 Å². The summed E-state index contributed by atoms with van der Waals surface area (Å²) in [6.07, 6.45) is 2.70. The van der Waals surface area contributed by atoms with Crippen LogP contribution in [0.4, 0.5) is 10.1 Å². The molecule has 0 N–H and O–H groups in total. The number of likely N-dealkylation sites (N-methyl/N-ethyl adjacent to an activating group) is 1. The Morgan fingerprint density at radius 1 is 1.31 bits per heavy atom. The third-order valence-electron chi connectivity index (χ3n) is 3.82. The molecule has 0 fully saturated rings. The van der Waals surface area contributed by atoms with Crippen molar-refractivity contribution in [3.8, 4) is 5.75 Å². The number of benzene rings is 2. The lowest BCUT2D eigenvalue weighted by atomic mass is 10.1. The maximum Gasteiger partial charge on any atom is 0.276 e. The van der Waals surface area contributed by atoms with Gasteiger partial charge in [-0.2, -0.15) is 0 Å². The minimum atomic E-state index is -0.498. The molecule has 26 heavy (non-hydrogen) atoms. The van der Waals surface area contributed by atoms with Crippen molar-refractivity contribution in [2.45, 2.75) is 13.5 Å². The summed E-state index contributed by atoms with van der Waals surface area (Å²) in [6.45, 7) is 2.43. The molecule has 7 heteroatoms. The van der Waals surface area contributed by atoms with Crippen LogP contribution in [-0.2, 0) is 11.3 Å². The van der Waals surface area contributed by atoms with Crippen LogP contribution >= 0.6 is 0 Å². The Bertz CT molecular complexity index is 836. The van der Waals surface area contributed by atoms with Gasteiger partial charge in [-0.25, -0.2) is 4.39 Å². The molecule has 2 rings (SSSR count). The molecule has 0 bridgehead atoms. The van der Waals surface area contributed by atoms with Gasteiger partial charge in [-0.3, -0.25) is 14.9 Å². The van der Waals surface area contributed by atoms with Gasteiger partial charge in [-0.05, 0) is 36.8 Å². The van der Waals surface area contributed by atoms with Gasteiger partial charge in [0.1, 0.15) is 0 Å². The molecule has 0 spiro atoms. The van der Waals surface area contributed by atoms with Crippen LogP contribution in [-0.4, -0.2) is 29.4 Å². The lowest BCUT2D eigenvalue weighted by Crippen LogP contribution is -2.28. The van der Waals surface area contributed by atoms with Crippen LogP contribution in [0.5, 0.6) is 5.75 Å². The highest BCUT2D eigenvalue weighted by atomic mass is 19.1. The van der Waals surface area contributed by atoms with E-state index in [-0.39, 0.29) is 23.9 Å². The smallest absolute Gasteiger partial charge is 0.276 e. The molecule has 2 aromatic rings. The monoisotopic (exact) mass is 358 g/mol. The van der Waals surface area contributed by atoms with Crippen molar-refractivity contribution in [2.24, 2.45) is 0 Å². The van der Waals surface area contributed by atoms with Crippen LogP contribution in [0.25, 0.3) is 6.08 Å². The fourth-order valence-electron chi connectivity index (χ4n) is 2.44. The molecule has 2 aromatic carbocycles. The van der Waals surface area contributed by atoms with E-state index in [9.17, 15) is 19.3 Å². The normalized spacial score (nSPS) is 10.7. The van der Waals surface area contributed by atoms with Gasteiger partial charge >= 0.3 is 0 Å². The SMILES string of the molecule is CCN(Cc1ccc(OC)c(F)c1)C(=O)/C=C/c1ccccc1[N+](=O)[O-]. The second-order valence-electron chi connectivity index (χ2n) is 5.47. The largest absolute Gasteiger partial charge is 0.494 e. The Kier molecular flexibility index (Phi) is 6.43. The number of rotatable bonds is 7. The molecule has 0 saturated carbocycles. The number of carbonyl (C=O) groups excluding carboxylic acids is 1. The van der Waals surface area contributed by atoms with Crippen LogP contribution in [0, 0.1) is 15.9 Å². The van der Waals surface area contributed by atoms with Crippen molar-refractivity contribution in [3.63, 3.8) is 0 Å². The van der Waals surface area contributed by atoms with Crippen LogP contribution in [0.1, 0.15) is 18.1 Å². The molecule has 0 unspecified atom stereocenters. The van der Waals surface area contributed by atoms with Crippen LogP contribution < -0.4 is 4.74 Å². The van der Waals surface area contributed by atoms with E-state index in [1.54, 1.807) is 31.2 Å². The molecule has 0 atom stereocenters. The van der Waals surface area contributed by atoms with E-state index in [0.717, 1.165) is 0 Å². The highest BCUT2D eigenvalue weighted by Gasteiger charge is 2.13. The number of amides is 1. The fraction of sp³-hybridized carbons (Fsp3) is 0.211. The number of nitrogens with zero attached hydrogens (tertiary/aromatic N) is 2. The number of carbonyl (C=O) groups is 1. The average molecular weight is 358 g/mol. The van der Waals surface area contributed by atoms with Crippen molar-refractivity contribution >= 4 is 17.7 Å². The zero-order valence-electron chi connectivity index (χ0n) is 14.5. The Morgan fingerprint density at radius 2 is 2.04 bits per heavy atom. The standard InChI is InChI=1S/C19H19FN2O4/c1-3-21(13-14-8-10-18(26-2)16(20)12-14)19(23)11-9-15-6-4-5-7-17(15)22(24)25/h4-12H,3,13H2,1-2H3/b11-9+. The lowest BCUT2D eigenvalue weighted by Gasteiger charge is -2.19. The van der Waals surface area contributed by atoms with Crippen molar-refractivity contribution in [1.82, 2.24) is 4.90 Å². The van der Waals surface area contributed by atoms with Gasteiger partial charge in [-0.1, -0.05) is 18.2 Å². The summed E-state index contributed by atoms with van der Waals surface area (Å²) in [5.41, 5.74) is 0.895. The van der Waals surface area contributed by atoms with Gasteiger partial charge in [0.15, 0.2) is 11.6 Å². The van der Waals surface area contributed by atoms with E-state index >= 15 is 0 Å². The van der Waals surface area contributed by atoms with Crippen LogP contribution in [0.3, 0.4) is 0 Å². The minimum absolute atomic E-state index is 0.0724. The van der Waals surface area contributed by atoms with Gasteiger partial charge in [0.2, 0.25) is 5.91 Å². The van der Waals surface area contributed by atoms with Crippen LogP contribution in [0.15, 0.2) is 48.5 Å². The van der Waals surface area contributed by atoms with Gasteiger partial charge in [0.25, 0.3) is 5.69 Å². The molecule has 6 nitrogen and oxygen atoms in total. The average Bonchev–Trinajstić information content (AvgIpc) is 2.64. The Hall–Kier alpha value is -3.22. The second-order valence-corrected chi connectivity index (χ2v) is 5.47. The van der Waals surface area contributed by atoms with Crippen molar-refractivity contribution in [3.05, 3.63) is 75.6 Å². The van der Waals surface area contributed by atoms with Gasteiger partial charge in [0.05, 0.1) is 17.6 Å². The quantitative estimate of drug-likeness (QED) is 0.429. The molecule has 0 aliphatic rings. The summed E-state index contributed by atoms with van der Waals surface area (Å²) in [4.78, 5) is 24.4. The predicted octanol–water partition coefficient (Wildman–Crippen LogP) is 3.80. The van der Waals surface area contributed by atoms with E-state index in [0.29, 0.717) is 17.7 Å².